The Morgan fingerprint density at radius 3 is 2.44 bits per heavy atom. The number of fused-ring (bicyclic) bond motifs is 2. The number of amides is 3. The summed E-state index contributed by atoms with van der Waals surface area (Å²) in [5, 5.41) is 0. The smallest absolute Gasteiger partial charge is 0.308 e. The van der Waals surface area contributed by atoms with E-state index in [0.29, 0.717) is 26.1 Å². The molecule has 2 aromatic rings. The molecular weight excluding hydrogens is 338 g/mol. The highest BCUT2D eigenvalue weighted by atomic mass is 16.2. The minimum Gasteiger partial charge on any atom is -0.308 e. The van der Waals surface area contributed by atoms with E-state index < -0.39 is 0 Å². The average Bonchev–Trinajstić information content (AvgIpc) is 2.93. The molecule has 2 heterocycles. The molecule has 4 rings (SSSR count). The first-order chi connectivity index (χ1) is 13.1. The van der Waals surface area contributed by atoms with Crippen LogP contribution in [0.15, 0.2) is 54.6 Å². The third-order valence-corrected chi connectivity index (χ3v) is 5.61. The molecule has 1 atom stereocenters. The number of hydrogen-bond acceptors (Lipinski definition) is 3. The Morgan fingerprint density at radius 2 is 1.67 bits per heavy atom. The van der Waals surface area contributed by atoms with E-state index >= 15 is 0 Å². The molecule has 2 aromatic carbocycles. The predicted octanol–water partition coefficient (Wildman–Crippen LogP) is 2.55. The number of carbonyl (C=O) groups excluding carboxylic acids is 2. The Bertz CT molecular complexity index is 793. The van der Waals surface area contributed by atoms with Crippen molar-refractivity contribution in [1.29, 1.82) is 0 Å². The fraction of sp³-hybridized carbons (Fsp3) is 0.364. The van der Waals surface area contributed by atoms with Crippen LogP contribution >= 0.6 is 0 Å². The van der Waals surface area contributed by atoms with Gasteiger partial charge in [0.15, 0.2) is 0 Å². The molecule has 5 nitrogen and oxygen atoms in total. The van der Waals surface area contributed by atoms with Crippen molar-refractivity contribution in [3.05, 3.63) is 71.3 Å². The Kier molecular flexibility index (Phi) is 4.94. The molecule has 0 radical (unpaired) electrons. The SMILES string of the molecule is CN(CCc1ccccc1)CCN1C(=O)[C@@H]2Cc3ccccc3CN2C1=O. The summed E-state index contributed by atoms with van der Waals surface area (Å²) in [6.45, 7) is 2.58. The van der Waals surface area contributed by atoms with Gasteiger partial charge in [0, 0.05) is 32.6 Å². The first-order valence-corrected chi connectivity index (χ1v) is 9.55. The van der Waals surface area contributed by atoms with E-state index in [2.05, 4.69) is 23.1 Å². The molecule has 1 fully saturated rings. The second kappa shape index (κ2) is 7.53. The van der Waals surface area contributed by atoms with Crippen LogP contribution in [0.3, 0.4) is 0 Å². The summed E-state index contributed by atoms with van der Waals surface area (Å²) in [5.41, 5.74) is 3.63. The molecule has 27 heavy (non-hydrogen) atoms. The summed E-state index contributed by atoms with van der Waals surface area (Å²) < 4.78 is 0. The fourth-order valence-corrected chi connectivity index (χ4v) is 3.93. The molecule has 0 bridgehead atoms. The Balaban J connectivity index is 1.34. The van der Waals surface area contributed by atoms with Gasteiger partial charge in [0.2, 0.25) is 0 Å². The highest BCUT2D eigenvalue weighted by molar-refractivity contribution is 6.04. The zero-order valence-corrected chi connectivity index (χ0v) is 15.7. The minimum absolute atomic E-state index is 0.0500. The second-order valence-electron chi connectivity index (χ2n) is 7.43. The highest BCUT2D eigenvalue weighted by Crippen LogP contribution is 2.29. The maximum Gasteiger partial charge on any atom is 0.327 e. The second-order valence-corrected chi connectivity index (χ2v) is 7.43. The van der Waals surface area contributed by atoms with Crippen molar-refractivity contribution < 1.29 is 9.59 Å². The van der Waals surface area contributed by atoms with Crippen LogP contribution in [0.25, 0.3) is 0 Å². The van der Waals surface area contributed by atoms with Crippen LogP contribution in [0.2, 0.25) is 0 Å². The van der Waals surface area contributed by atoms with E-state index in [4.69, 9.17) is 0 Å². The van der Waals surface area contributed by atoms with Gasteiger partial charge in [0.05, 0.1) is 0 Å². The fourth-order valence-electron chi connectivity index (χ4n) is 3.93. The number of likely N-dealkylation sites (N-methyl/N-ethyl adjacent to an activating group) is 1. The van der Waals surface area contributed by atoms with Gasteiger partial charge in [0.25, 0.3) is 5.91 Å². The summed E-state index contributed by atoms with van der Waals surface area (Å²) >= 11 is 0. The van der Waals surface area contributed by atoms with Crippen LogP contribution < -0.4 is 0 Å². The minimum atomic E-state index is -0.331. The van der Waals surface area contributed by atoms with Crippen molar-refractivity contribution in [2.75, 3.05) is 26.7 Å². The Hall–Kier alpha value is -2.66. The molecular formula is C22H25N3O2. The summed E-state index contributed by atoms with van der Waals surface area (Å²) in [6, 6.07) is 18.0. The van der Waals surface area contributed by atoms with Crippen molar-refractivity contribution in [2.45, 2.75) is 25.4 Å². The van der Waals surface area contributed by atoms with Gasteiger partial charge in [-0.2, -0.15) is 0 Å². The van der Waals surface area contributed by atoms with E-state index in [0.717, 1.165) is 18.5 Å². The van der Waals surface area contributed by atoms with Crippen LogP contribution in [0.5, 0.6) is 0 Å². The summed E-state index contributed by atoms with van der Waals surface area (Å²) in [5.74, 6) is -0.0500. The van der Waals surface area contributed by atoms with Gasteiger partial charge in [-0.05, 0) is 30.2 Å². The lowest BCUT2D eigenvalue weighted by Crippen LogP contribution is -2.40. The number of rotatable bonds is 6. The largest absolute Gasteiger partial charge is 0.327 e. The van der Waals surface area contributed by atoms with Crippen LogP contribution in [0, 0.1) is 0 Å². The van der Waals surface area contributed by atoms with E-state index in [1.54, 1.807) is 4.90 Å². The first kappa shape index (κ1) is 17.7. The molecule has 0 aliphatic carbocycles. The molecule has 2 aliphatic rings. The van der Waals surface area contributed by atoms with Gasteiger partial charge >= 0.3 is 6.03 Å². The maximum absolute atomic E-state index is 12.8. The van der Waals surface area contributed by atoms with Crippen molar-refractivity contribution >= 4 is 11.9 Å². The average molecular weight is 363 g/mol. The number of hydrogen-bond donors (Lipinski definition) is 0. The third-order valence-electron chi connectivity index (χ3n) is 5.61. The van der Waals surface area contributed by atoms with Gasteiger partial charge in [-0.3, -0.25) is 9.69 Å². The van der Waals surface area contributed by atoms with Gasteiger partial charge in [0.1, 0.15) is 6.04 Å². The lowest BCUT2D eigenvalue weighted by molar-refractivity contribution is -0.128. The van der Waals surface area contributed by atoms with Crippen LogP contribution in [0.4, 0.5) is 4.79 Å². The third kappa shape index (κ3) is 3.60. The number of imide groups is 1. The molecule has 0 saturated carbocycles. The monoisotopic (exact) mass is 363 g/mol. The van der Waals surface area contributed by atoms with Crippen LogP contribution in [-0.2, 0) is 24.2 Å². The molecule has 5 heteroatoms. The molecule has 3 amide bonds. The van der Waals surface area contributed by atoms with Crippen LogP contribution in [-0.4, -0.2) is 59.4 Å². The number of nitrogens with zero attached hydrogens (tertiary/aromatic N) is 3. The first-order valence-electron chi connectivity index (χ1n) is 9.55. The maximum atomic E-state index is 12.8. The zero-order valence-electron chi connectivity index (χ0n) is 15.7. The molecule has 140 valence electrons. The highest BCUT2D eigenvalue weighted by Gasteiger charge is 2.46. The molecule has 1 saturated heterocycles. The van der Waals surface area contributed by atoms with Gasteiger partial charge in [-0.15, -0.1) is 0 Å². The summed E-state index contributed by atoms with van der Waals surface area (Å²) in [4.78, 5) is 30.9. The van der Waals surface area contributed by atoms with Crippen molar-refractivity contribution in [3.8, 4) is 0 Å². The van der Waals surface area contributed by atoms with Gasteiger partial charge in [-0.25, -0.2) is 4.79 Å². The van der Waals surface area contributed by atoms with Crippen molar-refractivity contribution in [2.24, 2.45) is 0 Å². The molecule has 0 N–H and O–H groups in total. The van der Waals surface area contributed by atoms with E-state index in [9.17, 15) is 9.59 Å². The normalized spacial score (nSPS) is 18.8. The van der Waals surface area contributed by atoms with Crippen molar-refractivity contribution in [1.82, 2.24) is 14.7 Å². The van der Waals surface area contributed by atoms with Crippen LogP contribution in [0.1, 0.15) is 16.7 Å². The Labute approximate surface area is 160 Å². The molecule has 0 spiro atoms. The Morgan fingerprint density at radius 1 is 0.963 bits per heavy atom. The van der Waals surface area contributed by atoms with Crippen molar-refractivity contribution in [3.63, 3.8) is 0 Å². The molecule has 2 aliphatic heterocycles. The number of carbonyl (C=O) groups is 2. The van der Waals surface area contributed by atoms with E-state index in [1.165, 1.54) is 16.0 Å². The summed E-state index contributed by atoms with van der Waals surface area (Å²) in [6.07, 6.45) is 1.59. The molecule has 0 aromatic heterocycles. The van der Waals surface area contributed by atoms with Gasteiger partial charge < -0.3 is 9.80 Å². The molecule has 0 unspecified atom stereocenters. The number of benzene rings is 2. The van der Waals surface area contributed by atoms with Gasteiger partial charge in [-0.1, -0.05) is 54.6 Å². The van der Waals surface area contributed by atoms with E-state index in [-0.39, 0.29) is 18.0 Å². The zero-order chi connectivity index (χ0) is 18.8. The lowest BCUT2D eigenvalue weighted by Gasteiger charge is -2.28. The lowest BCUT2D eigenvalue weighted by atomic mass is 9.95. The predicted molar refractivity (Wildman–Crippen MR) is 104 cm³/mol. The standard InChI is InChI=1S/C22H25N3O2/c1-23(12-11-17-7-3-2-4-8-17)13-14-24-21(26)20-15-18-9-5-6-10-19(18)16-25(20)22(24)27/h2-10,20H,11-16H2,1H3/t20-/m0/s1. The number of urea groups is 1. The topological polar surface area (TPSA) is 43.9 Å². The van der Waals surface area contributed by atoms with E-state index in [1.807, 2.05) is 43.4 Å². The quantitative estimate of drug-likeness (QED) is 0.741. The summed E-state index contributed by atoms with van der Waals surface area (Å²) in [7, 11) is 2.04.